The largest absolute Gasteiger partial charge is 0.370 e. The molecule has 20 heavy (non-hydrogen) atoms. The van der Waals surface area contributed by atoms with Gasteiger partial charge in [0.1, 0.15) is 11.6 Å². The van der Waals surface area contributed by atoms with E-state index in [1.165, 1.54) is 12.1 Å². The van der Waals surface area contributed by atoms with Gasteiger partial charge in [0.05, 0.1) is 5.02 Å². The minimum absolute atomic E-state index is 0.0996. The third-order valence-corrected chi connectivity index (χ3v) is 3.40. The van der Waals surface area contributed by atoms with Gasteiger partial charge in [-0.1, -0.05) is 18.5 Å². The topological polar surface area (TPSA) is 37.8 Å². The van der Waals surface area contributed by atoms with Crippen molar-refractivity contribution in [2.45, 2.75) is 27.2 Å². The van der Waals surface area contributed by atoms with Crippen LogP contribution in [0.1, 0.15) is 25.1 Å². The van der Waals surface area contributed by atoms with Crippen LogP contribution in [-0.4, -0.2) is 16.5 Å². The van der Waals surface area contributed by atoms with Gasteiger partial charge >= 0.3 is 0 Å². The summed E-state index contributed by atoms with van der Waals surface area (Å²) in [5.74, 6) is 0.856. The van der Waals surface area contributed by atoms with Gasteiger partial charge < -0.3 is 5.32 Å². The number of nitrogens with one attached hydrogen (secondary N) is 1. The van der Waals surface area contributed by atoms with E-state index in [0.717, 1.165) is 30.0 Å². The van der Waals surface area contributed by atoms with Gasteiger partial charge in [0.25, 0.3) is 0 Å². The van der Waals surface area contributed by atoms with Crippen LogP contribution in [0.5, 0.6) is 0 Å². The number of rotatable bonds is 4. The van der Waals surface area contributed by atoms with Crippen LogP contribution in [0.2, 0.25) is 5.02 Å². The normalized spacial score (nSPS) is 10.7. The highest BCUT2D eigenvalue weighted by atomic mass is 35.5. The molecule has 1 aromatic heterocycles. The fourth-order valence-corrected chi connectivity index (χ4v) is 2.21. The smallest absolute Gasteiger partial charge is 0.161 e. The average Bonchev–Trinajstić information content (AvgIpc) is 2.42. The summed E-state index contributed by atoms with van der Waals surface area (Å²) in [5.41, 5.74) is 2.62. The van der Waals surface area contributed by atoms with Gasteiger partial charge in [-0.15, -0.1) is 0 Å². The first kappa shape index (κ1) is 14.7. The maximum absolute atomic E-state index is 13.6. The van der Waals surface area contributed by atoms with Crippen LogP contribution in [0.3, 0.4) is 0 Å². The molecule has 0 spiro atoms. The summed E-state index contributed by atoms with van der Waals surface area (Å²) < 4.78 is 13.6. The Morgan fingerprint density at radius 3 is 2.60 bits per heavy atom. The molecule has 0 aliphatic heterocycles. The lowest BCUT2D eigenvalue weighted by Gasteiger charge is -2.13. The average molecular weight is 294 g/mol. The number of anilines is 1. The molecule has 0 saturated carbocycles. The van der Waals surface area contributed by atoms with Crippen molar-refractivity contribution in [1.82, 2.24) is 9.97 Å². The predicted molar refractivity (Wildman–Crippen MR) is 80.7 cm³/mol. The van der Waals surface area contributed by atoms with Crippen molar-refractivity contribution in [2.75, 3.05) is 11.9 Å². The third kappa shape index (κ3) is 2.90. The molecular weight excluding hydrogens is 277 g/mol. The van der Waals surface area contributed by atoms with E-state index >= 15 is 0 Å². The van der Waals surface area contributed by atoms with Gasteiger partial charge in [0, 0.05) is 23.4 Å². The van der Waals surface area contributed by atoms with E-state index in [4.69, 9.17) is 11.6 Å². The number of halogens is 2. The monoisotopic (exact) mass is 293 g/mol. The van der Waals surface area contributed by atoms with E-state index in [9.17, 15) is 4.39 Å². The lowest BCUT2D eigenvalue weighted by atomic mass is 10.1. The van der Waals surface area contributed by atoms with Crippen LogP contribution in [0, 0.1) is 12.7 Å². The van der Waals surface area contributed by atoms with Crippen molar-refractivity contribution < 1.29 is 4.39 Å². The highest BCUT2D eigenvalue weighted by Gasteiger charge is 2.12. The van der Waals surface area contributed by atoms with Crippen LogP contribution in [0.4, 0.5) is 10.2 Å². The Morgan fingerprint density at radius 2 is 2.00 bits per heavy atom. The third-order valence-electron chi connectivity index (χ3n) is 3.09. The van der Waals surface area contributed by atoms with E-state index < -0.39 is 5.82 Å². The molecule has 3 nitrogen and oxygen atoms in total. The molecule has 0 saturated heterocycles. The highest BCUT2D eigenvalue weighted by Crippen LogP contribution is 2.25. The van der Waals surface area contributed by atoms with Crippen LogP contribution in [0.15, 0.2) is 18.2 Å². The van der Waals surface area contributed by atoms with E-state index in [0.29, 0.717) is 11.4 Å². The van der Waals surface area contributed by atoms with Crippen molar-refractivity contribution in [3.05, 3.63) is 40.3 Å². The lowest BCUT2D eigenvalue weighted by Crippen LogP contribution is -2.08. The molecule has 1 aromatic carbocycles. The minimum Gasteiger partial charge on any atom is -0.370 e. The Morgan fingerprint density at radius 1 is 1.25 bits per heavy atom. The molecule has 1 N–H and O–H groups in total. The Labute approximate surface area is 123 Å². The standard InChI is InChI=1S/C15H17ClFN3/c1-4-11-9(3)19-14(20-15(11)18-5-2)10-6-7-12(16)13(17)8-10/h6-8H,4-5H2,1-3H3,(H,18,19,20). The molecule has 0 unspecified atom stereocenters. The number of hydrogen-bond acceptors (Lipinski definition) is 3. The molecule has 0 aliphatic rings. The van der Waals surface area contributed by atoms with Gasteiger partial charge in [0.2, 0.25) is 0 Å². The minimum atomic E-state index is -0.463. The Bertz CT molecular complexity index is 629. The summed E-state index contributed by atoms with van der Waals surface area (Å²) in [5, 5.41) is 3.33. The highest BCUT2D eigenvalue weighted by molar-refractivity contribution is 6.30. The summed E-state index contributed by atoms with van der Waals surface area (Å²) >= 11 is 5.70. The van der Waals surface area contributed by atoms with Crippen molar-refractivity contribution >= 4 is 17.4 Å². The lowest BCUT2D eigenvalue weighted by molar-refractivity contribution is 0.628. The second-order valence-corrected chi connectivity index (χ2v) is 4.88. The molecule has 0 fully saturated rings. The van der Waals surface area contributed by atoms with Crippen molar-refractivity contribution in [2.24, 2.45) is 0 Å². The summed E-state index contributed by atoms with van der Waals surface area (Å²) in [6.07, 6.45) is 0.851. The van der Waals surface area contributed by atoms with Crippen LogP contribution in [-0.2, 0) is 6.42 Å². The van der Waals surface area contributed by atoms with Crippen molar-refractivity contribution in [1.29, 1.82) is 0 Å². The van der Waals surface area contributed by atoms with Crippen molar-refractivity contribution in [3.63, 3.8) is 0 Å². The second-order valence-electron chi connectivity index (χ2n) is 4.47. The van der Waals surface area contributed by atoms with E-state index in [1.54, 1.807) is 6.07 Å². The summed E-state index contributed by atoms with van der Waals surface area (Å²) in [6.45, 7) is 6.79. The summed E-state index contributed by atoms with van der Waals surface area (Å²) in [6, 6.07) is 4.60. The fraction of sp³-hybridized carbons (Fsp3) is 0.333. The molecule has 0 amide bonds. The van der Waals surface area contributed by atoms with E-state index in [-0.39, 0.29) is 5.02 Å². The molecule has 0 atom stereocenters. The SMILES string of the molecule is CCNc1nc(-c2ccc(Cl)c(F)c2)nc(C)c1CC. The van der Waals surface area contributed by atoms with Gasteiger partial charge in [0.15, 0.2) is 5.82 Å². The molecule has 0 radical (unpaired) electrons. The zero-order valence-electron chi connectivity index (χ0n) is 11.8. The maximum Gasteiger partial charge on any atom is 0.161 e. The van der Waals surface area contributed by atoms with Crippen LogP contribution < -0.4 is 5.32 Å². The number of nitrogens with zero attached hydrogens (tertiary/aromatic N) is 2. The zero-order valence-corrected chi connectivity index (χ0v) is 12.6. The molecule has 0 aliphatic carbocycles. The molecule has 1 heterocycles. The Balaban J connectivity index is 2.54. The van der Waals surface area contributed by atoms with Gasteiger partial charge in [-0.25, -0.2) is 14.4 Å². The van der Waals surface area contributed by atoms with E-state index in [2.05, 4.69) is 22.2 Å². The van der Waals surface area contributed by atoms with Gasteiger partial charge in [-0.2, -0.15) is 0 Å². The van der Waals surface area contributed by atoms with E-state index in [1.807, 2.05) is 13.8 Å². The number of aromatic nitrogens is 2. The Kier molecular flexibility index (Phi) is 4.55. The van der Waals surface area contributed by atoms with Gasteiger partial charge in [-0.05, 0) is 38.5 Å². The van der Waals surface area contributed by atoms with Crippen LogP contribution >= 0.6 is 11.6 Å². The van der Waals surface area contributed by atoms with Crippen LogP contribution in [0.25, 0.3) is 11.4 Å². The predicted octanol–water partition coefficient (Wildman–Crippen LogP) is 4.24. The first-order valence-electron chi connectivity index (χ1n) is 6.63. The number of hydrogen-bond donors (Lipinski definition) is 1. The number of benzene rings is 1. The zero-order chi connectivity index (χ0) is 14.7. The number of aryl methyl sites for hydroxylation is 1. The van der Waals surface area contributed by atoms with Gasteiger partial charge in [-0.3, -0.25) is 0 Å². The molecule has 106 valence electrons. The molecule has 2 rings (SSSR count). The molecule has 2 aromatic rings. The quantitative estimate of drug-likeness (QED) is 0.916. The van der Waals surface area contributed by atoms with Crippen molar-refractivity contribution in [3.8, 4) is 11.4 Å². The molecule has 0 bridgehead atoms. The summed E-state index contributed by atoms with van der Waals surface area (Å²) in [4.78, 5) is 8.97. The molecular formula is C15H17ClFN3. The Hall–Kier alpha value is -1.68. The molecule has 5 heteroatoms. The first-order chi connectivity index (χ1) is 9.56. The fourth-order valence-electron chi connectivity index (χ4n) is 2.10. The first-order valence-corrected chi connectivity index (χ1v) is 7.01. The maximum atomic E-state index is 13.6. The summed E-state index contributed by atoms with van der Waals surface area (Å²) in [7, 11) is 0. The second kappa shape index (κ2) is 6.18.